The van der Waals surface area contributed by atoms with E-state index in [0.717, 1.165) is 0 Å². The molecule has 0 amide bonds. The summed E-state index contributed by atoms with van der Waals surface area (Å²) in [6.07, 6.45) is 1.25. The van der Waals surface area contributed by atoms with Gasteiger partial charge in [0.15, 0.2) is 0 Å². The Balaban J connectivity index is 3.30. The minimum Gasteiger partial charge on any atom is -0.464 e. The first-order chi connectivity index (χ1) is 10.8. The molecule has 0 aliphatic carbocycles. The molecule has 0 radical (unpaired) electrons. The highest BCUT2D eigenvalue weighted by atomic mass is 16.6. The van der Waals surface area contributed by atoms with E-state index in [1.807, 2.05) is 0 Å². The standard InChI is InChI=1S/C14H19N3O6/c1-5-22-13(18)9(3)16(4)12-11(17(20)21)10(7-8-15-12)14(19)23-6-2/h7-9H,5-6H2,1-4H3/t9-/m1/s1. The van der Waals surface area contributed by atoms with E-state index in [0.29, 0.717) is 0 Å². The maximum Gasteiger partial charge on any atom is 0.345 e. The van der Waals surface area contributed by atoms with Gasteiger partial charge in [-0.15, -0.1) is 0 Å². The fourth-order valence-electron chi connectivity index (χ4n) is 1.86. The molecule has 9 heteroatoms. The first-order valence-electron chi connectivity index (χ1n) is 7.05. The third kappa shape index (κ3) is 4.15. The van der Waals surface area contributed by atoms with Gasteiger partial charge in [0.2, 0.25) is 5.82 Å². The fourth-order valence-corrected chi connectivity index (χ4v) is 1.86. The van der Waals surface area contributed by atoms with Crippen molar-refractivity contribution in [2.45, 2.75) is 26.8 Å². The summed E-state index contributed by atoms with van der Waals surface area (Å²) >= 11 is 0. The largest absolute Gasteiger partial charge is 0.464 e. The smallest absolute Gasteiger partial charge is 0.345 e. The minimum atomic E-state index is -0.819. The molecule has 0 spiro atoms. The van der Waals surface area contributed by atoms with E-state index in [9.17, 15) is 19.7 Å². The normalized spacial score (nSPS) is 11.5. The Labute approximate surface area is 133 Å². The summed E-state index contributed by atoms with van der Waals surface area (Å²) in [6.45, 7) is 5.06. The van der Waals surface area contributed by atoms with E-state index >= 15 is 0 Å². The Hall–Kier alpha value is -2.71. The number of hydrogen-bond donors (Lipinski definition) is 0. The van der Waals surface area contributed by atoms with Crippen molar-refractivity contribution in [1.82, 2.24) is 4.98 Å². The average Bonchev–Trinajstić information content (AvgIpc) is 2.53. The molecule has 1 atom stereocenters. The molecule has 0 N–H and O–H groups in total. The Morgan fingerprint density at radius 2 is 1.96 bits per heavy atom. The number of nitrogens with zero attached hydrogens (tertiary/aromatic N) is 3. The number of likely N-dealkylation sites (N-methyl/N-ethyl adjacent to an activating group) is 1. The van der Waals surface area contributed by atoms with Gasteiger partial charge in [-0.25, -0.2) is 14.6 Å². The van der Waals surface area contributed by atoms with Crippen LogP contribution in [0.15, 0.2) is 12.3 Å². The van der Waals surface area contributed by atoms with Crippen molar-refractivity contribution in [2.75, 3.05) is 25.2 Å². The van der Waals surface area contributed by atoms with Crippen LogP contribution >= 0.6 is 0 Å². The van der Waals surface area contributed by atoms with Crippen LogP contribution in [0.2, 0.25) is 0 Å². The number of ether oxygens (including phenoxy) is 2. The lowest BCUT2D eigenvalue weighted by molar-refractivity contribution is -0.384. The molecule has 1 aromatic heterocycles. The molecule has 0 saturated carbocycles. The van der Waals surface area contributed by atoms with Crippen LogP contribution in [0.5, 0.6) is 0 Å². The number of hydrogen-bond acceptors (Lipinski definition) is 8. The lowest BCUT2D eigenvalue weighted by Gasteiger charge is -2.24. The maximum absolute atomic E-state index is 11.9. The van der Waals surface area contributed by atoms with E-state index in [-0.39, 0.29) is 24.6 Å². The molecule has 0 unspecified atom stereocenters. The fraction of sp³-hybridized carbons (Fsp3) is 0.500. The molecular formula is C14H19N3O6. The minimum absolute atomic E-state index is 0.0860. The second-order valence-corrected chi connectivity index (χ2v) is 4.55. The second-order valence-electron chi connectivity index (χ2n) is 4.55. The van der Waals surface area contributed by atoms with E-state index in [1.165, 1.54) is 31.1 Å². The third-order valence-corrected chi connectivity index (χ3v) is 3.13. The van der Waals surface area contributed by atoms with E-state index in [1.54, 1.807) is 13.8 Å². The molecule has 0 aliphatic heterocycles. The summed E-state index contributed by atoms with van der Waals surface area (Å²) in [7, 11) is 1.46. The predicted molar refractivity (Wildman–Crippen MR) is 81.3 cm³/mol. The van der Waals surface area contributed by atoms with Gasteiger partial charge >= 0.3 is 17.6 Å². The summed E-state index contributed by atoms with van der Waals surface area (Å²) in [5, 5.41) is 11.4. The van der Waals surface area contributed by atoms with Crippen LogP contribution in [0.4, 0.5) is 11.5 Å². The van der Waals surface area contributed by atoms with Crippen molar-refractivity contribution in [3.63, 3.8) is 0 Å². The number of nitro groups is 1. The van der Waals surface area contributed by atoms with Gasteiger partial charge in [-0.1, -0.05) is 0 Å². The molecule has 0 saturated heterocycles. The molecule has 9 nitrogen and oxygen atoms in total. The molecule has 1 rings (SSSR count). The molecule has 0 aromatic carbocycles. The lowest BCUT2D eigenvalue weighted by atomic mass is 10.2. The van der Waals surface area contributed by atoms with Gasteiger partial charge in [0.05, 0.1) is 18.1 Å². The van der Waals surface area contributed by atoms with Crippen LogP contribution < -0.4 is 4.90 Å². The Morgan fingerprint density at radius 1 is 1.35 bits per heavy atom. The Bertz CT molecular complexity index is 604. The number of carbonyl (C=O) groups is 2. The zero-order chi connectivity index (χ0) is 17.6. The topological polar surface area (TPSA) is 112 Å². The molecule has 1 heterocycles. The van der Waals surface area contributed by atoms with E-state index < -0.39 is 28.6 Å². The zero-order valence-electron chi connectivity index (χ0n) is 13.4. The number of esters is 2. The van der Waals surface area contributed by atoms with Gasteiger partial charge in [0.1, 0.15) is 11.6 Å². The van der Waals surface area contributed by atoms with Crippen LogP contribution in [0.1, 0.15) is 31.1 Å². The van der Waals surface area contributed by atoms with Crippen molar-refractivity contribution in [1.29, 1.82) is 0 Å². The van der Waals surface area contributed by atoms with Crippen LogP contribution in [0.25, 0.3) is 0 Å². The van der Waals surface area contributed by atoms with Gasteiger partial charge in [0.25, 0.3) is 0 Å². The van der Waals surface area contributed by atoms with Crippen LogP contribution in [-0.2, 0) is 14.3 Å². The molecule has 0 fully saturated rings. The number of carbonyl (C=O) groups excluding carboxylic acids is 2. The Morgan fingerprint density at radius 3 is 2.48 bits per heavy atom. The molecule has 126 valence electrons. The summed E-state index contributed by atoms with van der Waals surface area (Å²) in [6, 6.07) is 0.404. The number of anilines is 1. The molecule has 0 bridgehead atoms. The van der Waals surface area contributed by atoms with Crippen molar-refractivity contribution in [3.8, 4) is 0 Å². The number of aromatic nitrogens is 1. The van der Waals surface area contributed by atoms with Gasteiger partial charge in [0, 0.05) is 13.2 Å². The first-order valence-corrected chi connectivity index (χ1v) is 7.05. The van der Waals surface area contributed by atoms with Gasteiger partial charge in [-0.3, -0.25) is 10.1 Å². The number of pyridine rings is 1. The average molecular weight is 325 g/mol. The van der Waals surface area contributed by atoms with Crippen LogP contribution in [0.3, 0.4) is 0 Å². The highest BCUT2D eigenvalue weighted by molar-refractivity contribution is 5.96. The van der Waals surface area contributed by atoms with Crippen molar-refractivity contribution in [2.24, 2.45) is 0 Å². The summed E-state index contributed by atoms with van der Waals surface area (Å²) in [4.78, 5) is 39.6. The van der Waals surface area contributed by atoms with Crippen molar-refractivity contribution in [3.05, 3.63) is 27.9 Å². The SMILES string of the molecule is CCOC(=O)c1ccnc(N(C)[C@H](C)C(=O)OCC)c1[N+](=O)[O-]. The van der Waals surface area contributed by atoms with Gasteiger partial charge in [-0.2, -0.15) is 0 Å². The molecule has 23 heavy (non-hydrogen) atoms. The predicted octanol–water partition coefficient (Wildman–Crippen LogP) is 1.55. The number of rotatable bonds is 7. The van der Waals surface area contributed by atoms with E-state index in [2.05, 4.69) is 4.98 Å². The maximum atomic E-state index is 11.9. The monoisotopic (exact) mass is 325 g/mol. The molecule has 0 aliphatic rings. The van der Waals surface area contributed by atoms with E-state index in [4.69, 9.17) is 9.47 Å². The first kappa shape index (κ1) is 18.3. The van der Waals surface area contributed by atoms with Gasteiger partial charge < -0.3 is 14.4 Å². The second kappa shape index (κ2) is 8.06. The highest BCUT2D eigenvalue weighted by Crippen LogP contribution is 2.30. The van der Waals surface area contributed by atoms with Crippen LogP contribution in [0, 0.1) is 10.1 Å². The molecular weight excluding hydrogens is 306 g/mol. The zero-order valence-corrected chi connectivity index (χ0v) is 13.4. The molecule has 1 aromatic rings. The summed E-state index contributed by atoms with van der Waals surface area (Å²) in [5.74, 6) is -1.48. The Kier molecular flexibility index (Phi) is 6.43. The van der Waals surface area contributed by atoms with Crippen molar-refractivity contribution < 1.29 is 24.0 Å². The third-order valence-electron chi connectivity index (χ3n) is 3.13. The lowest BCUT2D eigenvalue weighted by Crippen LogP contribution is -2.38. The summed E-state index contributed by atoms with van der Waals surface area (Å²) in [5.41, 5.74) is -0.727. The van der Waals surface area contributed by atoms with Gasteiger partial charge in [-0.05, 0) is 26.8 Å². The highest BCUT2D eigenvalue weighted by Gasteiger charge is 2.32. The summed E-state index contributed by atoms with van der Waals surface area (Å²) < 4.78 is 9.71. The quantitative estimate of drug-likeness (QED) is 0.422. The van der Waals surface area contributed by atoms with Crippen LogP contribution in [-0.4, -0.2) is 48.1 Å². The van der Waals surface area contributed by atoms with Crippen molar-refractivity contribution >= 4 is 23.4 Å².